The van der Waals surface area contributed by atoms with E-state index in [1.165, 1.54) is 11.1 Å². The Labute approximate surface area is 139 Å². The number of thioether (sulfide) groups is 1. The van der Waals surface area contributed by atoms with Crippen molar-refractivity contribution < 1.29 is 4.74 Å². The second kappa shape index (κ2) is 7.28. The van der Waals surface area contributed by atoms with Crippen molar-refractivity contribution in [3.05, 3.63) is 65.2 Å². The van der Waals surface area contributed by atoms with E-state index in [0.29, 0.717) is 6.54 Å². The van der Waals surface area contributed by atoms with Gasteiger partial charge in [-0.05, 0) is 46.2 Å². The highest BCUT2D eigenvalue weighted by atomic mass is 32.2. The maximum Gasteiger partial charge on any atom is 0.209 e. The molecule has 0 aliphatic heterocycles. The molecule has 3 aromatic rings. The van der Waals surface area contributed by atoms with Crippen LogP contribution in [0.15, 0.2) is 53.7 Å². The Bertz CT molecular complexity index is 770. The molecule has 0 saturated carbocycles. The Hall–Kier alpha value is -2.34. The van der Waals surface area contributed by atoms with Gasteiger partial charge >= 0.3 is 0 Å². The Morgan fingerprint density at radius 2 is 1.87 bits per heavy atom. The average Bonchev–Trinajstić information content (AvgIpc) is 3.02. The van der Waals surface area contributed by atoms with Gasteiger partial charge in [0.1, 0.15) is 5.75 Å². The average molecular weight is 326 g/mol. The van der Waals surface area contributed by atoms with Crippen LogP contribution in [0.2, 0.25) is 0 Å². The summed E-state index contributed by atoms with van der Waals surface area (Å²) in [6.45, 7) is 2.77. The van der Waals surface area contributed by atoms with E-state index >= 15 is 0 Å². The van der Waals surface area contributed by atoms with Gasteiger partial charge in [0, 0.05) is 5.75 Å². The Balaban J connectivity index is 1.68. The minimum atomic E-state index is 0.646. The van der Waals surface area contributed by atoms with Crippen LogP contribution in [0, 0.1) is 6.92 Å². The molecule has 0 atom stereocenters. The van der Waals surface area contributed by atoms with Gasteiger partial charge in [-0.15, -0.1) is 5.10 Å². The van der Waals surface area contributed by atoms with Crippen LogP contribution in [-0.2, 0) is 12.3 Å². The topological polar surface area (TPSA) is 52.8 Å². The number of hydrogen-bond acceptors (Lipinski definition) is 5. The number of nitrogens with zero attached hydrogens (tertiary/aromatic N) is 4. The highest BCUT2D eigenvalue weighted by Gasteiger charge is 2.09. The van der Waals surface area contributed by atoms with E-state index in [-0.39, 0.29) is 0 Å². The third-order valence-electron chi connectivity index (χ3n) is 3.61. The summed E-state index contributed by atoms with van der Waals surface area (Å²) in [6.07, 6.45) is 0. The predicted molar refractivity (Wildman–Crippen MR) is 90.7 cm³/mol. The first-order valence-corrected chi connectivity index (χ1v) is 8.31. The zero-order valence-electron chi connectivity index (χ0n) is 13.1. The van der Waals surface area contributed by atoms with Crippen LogP contribution in [-0.4, -0.2) is 27.3 Å². The van der Waals surface area contributed by atoms with Crippen LogP contribution in [0.3, 0.4) is 0 Å². The van der Waals surface area contributed by atoms with Crippen LogP contribution in [0.1, 0.15) is 16.7 Å². The summed E-state index contributed by atoms with van der Waals surface area (Å²) in [4.78, 5) is 0. The van der Waals surface area contributed by atoms with E-state index in [4.69, 9.17) is 4.74 Å². The normalized spacial score (nSPS) is 10.7. The molecule has 0 amide bonds. The van der Waals surface area contributed by atoms with Crippen molar-refractivity contribution in [1.29, 1.82) is 0 Å². The molecule has 0 aliphatic carbocycles. The number of methoxy groups -OCH3 is 1. The number of tetrazole rings is 1. The SMILES string of the molecule is COc1ccc(Cn2nnnc2SCc2ccccc2C)cc1. The van der Waals surface area contributed by atoms with Crippen molar-refractivity contribution in [1.82, 2.24) is 20.2 Å². The molecule has 0 radical (unpaired) electrons. The highest BCUT2D eigenvalue weighted by Crippen LogP contribution is 2.22. The van der Waals surface area contributed by atoms with Gasteiger partial charge in [0.05, 0.1) is 13.7 Å². The van der Waals surface area contributed by atoms with Gasteiger partial charge in [-0.1, -0.05) is 48.2 Å². The zero-order valence-corrected chi connectivity index (χ0v) is 14.0. The molecule has 5 nitrogen and oxygen atoms in total. The molecular weight excluding hydrogens is 308 g/mol. The van der Waals surface area contributed by atoms with E-state index in [9.17, 15) is 0 Å². The van der Waals surface area contributed by atoms with E-state index < -0.39 is 0 Å². The minimum Gasteiger partial charge on any atom is -0.497 e. The van der Waals surface area contributed by atoms with Gasteiger partial charge in [0.25, 0.3) is 0 Å². The molecule has 118 valence electrons. The lowest BCUT2D eigenvalue weighted by molar-refractivity contribution is 0.414. The Morgan fingerprint density at radius 3 is 2.61 bits per heavy atom. The molecule has 23 heavy (non-hydrogen) atoms. The summed E-state index contributed by atoms with van der Waals surface area (Å²) in [6, 6.07) is 16.3. The summed E-state index contributed by atoms with van der Waals surface area (Å²) in [5, 5.41) is 12.9. The predicted octanol–water partition coefficient (Wildman–Crippen LogP) is 3.33. The molecule has 2 aromatic carbocycles. The molecule has 6 heteroatoms. The fourth-order valence-corrected chi connectivity index (χ4v) is 3.17. The van der Waals surface area contributed by atoms with Crippen LogP contribution < -0.4 is 4.74 Å². The van der Waals surface area contributed by atoms with Gasteiger partial charge in [0.2, 0.25) is 5.16 Å². The molecule has 0 aliphatic rings. The second-order valence-corrected chi connectivity index (χ2v) is 6.12. The van der Waals surface area contributed by atoms with Gasteiger partial charge in [0.15, 0.2) is 0 Å². The summed E-state index contributed by atoms with van der Waals surface area (Å²) >= 11 is 1.65. The van der Waals surface area contributed by atoms with Crippen LogP contribution in [0.5, 0.6) is 5.75 Å². The van der Waals surface area contributed by atoms with Crippen LogP contribution in [0.4, 0.5) is 0 Å². The number of hydrogen-bond donors (Lipinski definition) is 0. The van der Waals surface area contributed by atoms with E-state index in [2.05, 4.69) is 46.7 Å². The molecule has 1 aromatic heterocycles. The standard InChI is InChI=1S/C17H18N4OS/c1-13-5-3-4-6-15(13)12-23-17-18-19-20-21(17)11-14-7-9-16(22-2)10-8-14/h3-10H,11-12H2,1-2H3. The molecule has 0 N–H and O–H groups in total. The highest BCUT2D eigenvalue weighted by molar-refractivity contribution is 7.98. The van der Waals surface area contributed by atoms with Gasteiger partial charge < -0.3 is 4.74 Å². The van der Waals surface area contributed by atoms with Crippen molar-refractivity contribution in [2.75, 3.05) is 7.11 Å². The molecule has 0 fully saturated rings. The van der Waals surface area contributed by atoms with Crippen LogP contribution in [0.25, 0.3) is 0 Å². The molecule has 0 bridgehead atoms. The lowest BCUT2D eigenvalue weighted by Gasteiger charge is -2.07. The lowest BCUT2D eigenvalue weighted by Crippen LogP contribution is -2.04. The van der Waals surface area contributed by atoms with Gasteiger partial charge in [-0.2, -0.15) is 0 Å². The first kappa shape index (κ1) is 15.6. The van der Waals surface area contributed by atoms with E-state index in [1.807, 2.05) is 28.9 Å². The third-order valence-corrected chi connectivity index (χ3v) is 4.61. The Morgan fingerprint density at radius 1 is 1.09 bits per heavy atom. The third kappa shape index (κ3) is 3.90. The maximum atomic E-state index is 5.18. The van der Waals surface area contributed by atoms with Crippen molar-refractivity contribution in [2.24, 2.45) is 0 Å². The Kier molecular flexibility index (Phi) is 4.92. The smallest absolute Gasteiger partial charge is 0.209 e. The second-order valence-electron chi connectivity index (χ2n) is 5.18. The molecule has 0 spiro atoms. The quantitative estimate of drug-likeness (QED) is 0.650. The molecular formula is C17H18N4OS. The van der Waals surface area contributed by atoms with Gasteiger partial charge in [-0.3, -0.25) is 0 Å². The molecule has 0 saturated heterocycles. The number of aryl methyl sites for hydroxylation is 1. The summed E-state index contributed by atoms with van der Waals surface area (Å²) in [5.41, 5.74) is 3.72. The van der Waals surface area contributed by atoms with E-state index in [0.717, 1.165) is 22.2 Å². The maximum absolute atomic E-state index is 5.18. The molecule has 3 rings (SSSR count). The van der Waals surface area contributed by atoms with Crippen molar-refractivity contribution in [3.8, 4) is 5.75 Å². The minimum absolute atomic E-state index is 0.646. The number of ether oxygens (including phenoxy) is 1. The number of benzene rings is 2. The lowest BCUT2D eigenvalue weighted by atomic mass is 10.1. The summed E-state index contributed by atoms with van der Waals surface area (Å²) in [7, 11) is 1.66. The molecule has 0 unspecified atom stereocenters. The zero-order chi connectivity index (χ0) is 16.1. The molecule has 1 heterocycles. The fourth-order valence-electron chi connectivity index (χ4n) is 2.22. The first-order chi connectivity index (χ1) is 11.3. The number of rotatable bonds is 6. The first-order valence-electron chi connectivity index (χ1n) is 7.32. The van der Waals surface area contributed by atoms with Gasteiger partial charge in [-0.25, -0.2) is 4.68 Å². The largest absolute Gasteiger partial charge is 0.497 e. The van der Waals surface area contributed by atoms with Crippen molar-refractivity contribution in [2.45, 2.75) is 24.4 Å². The monoisotopic (exact) mass is 326 g/mol. The number of aromatic nitrogens is 4. The van der Waals surface area contributed by atoms with Crippen LogP contribution >= 0.6 is 11.8 Å². The van der Waals surface area contributed by atoms with Crippen molar-refractivity contribution >= 4 is 11.8 Å². The van der Waals surface area contributed by atoms with E-state index in [1.54, 1.807) is 18.9 Å². The fraction of sp³-hybridized carbons (Fsp3) is 0.235. The summed E-state index contributed by atoms with van der Waals surface area (Å²) in [5.74, 6) is 1.70. The summed E-state index contributed by atoms with van der Waals surface area (Å²) < 4.78 is 7.00. The van der Waals surface area contributed by atoms with Crippen molar-refractivity contribution in [3.63, 3.8) is 0 Å².